The molecule has 4 rings (SSSR count). The van der Waals surface area contributed by atoms with E-state index in [1.54, 1.807) is 45.1 Å². The Balaban J connectivity index is 1.78. The van der Waals surface area contributed by atoms with Gasteiger partial charge < -0.3 is 24.0 Å². The molecule has 7 heteroatoms. The van der Waals surface area contributed by atoms with Crippen molar-refractivity contribution in [2.75, 3.05) is 19.1 Å². The molecule has 1 aliphatic carbocycles. The maximum absolute atomic E-state index is 13.3. The molecule has 1 amide bonds. The van der Waals surface area contributed by atoms with Gasteiger partial charge in [0.15, 0.2) is 0 Å². The third kappa shape index (κ3) is 3.97. The standard InChI is InChI=1S/C26H30N2O5/c1-26(2,31)25-24(20-14-19(33-5)10-11-22(20)27(25)3)21-12-17(13-23(21)30)28(15-29)16-6-8-18(32-4)9-7-16/h6-11,14-15,17,21,31H,12-13H2,1-5H3. The van der Waals surface area contributed by atoms with Gasteiger partial charge in [0.1, 0.15) is 17.3 Å². The van der Waals surface area contributed by atoms with E-state index >= 15 is 0 Å². The molecule has 1 aromatic heterocycles. The number of ketones is 1. The van der Waals surface area contributed by atoms with Gasteiger partial charge in [-0.3, -0.25) is 9.59 Å². The van der Waals surface area contributed by atoms with Gasteiger partial charge in [0.25, 0.3) is 0 Å². The zero-order valence-corrected chi connectivity index (χ0v) is 19.7. The second-order valence-electron chi connectivity index (χ2n) is 9.09. The molecule has 7 nitrogen and oxygen atoms in total. The minimum atomic E-state index is -1.16. The first-order chi connectivity index (χ1) is 15.7. The smallest absolute Gasteiger partial charge is 0.214 e. The Labute approximate surface area is 193 Å². The highest BCUT2D eigenvalue weighted by Crippen LogP contribution is 2.44. The third-order valence-corrected chi connectivity index (χ3v) is 6.58. The van der Waals surface area contributed by atoms with Crippen molar-refractivity contribution in [3.63, 3.8) is 0 Å². The number of hydrogen-bond acceptors (Lipinski definition) is 5. The third-order valence-electron chi connectivity index (χ3n) is 6.58. The molecule has 1 saturated carbocycles. The quantitative estimate of drug-likeness (QED) is 0.552. The maximum atomic E-state index is 13.3. The molecule has 174 valence electrons. The topological polar surface area (TPSA) is 81.0 Å². The number of amides is 1. The Morgan fingerprint density at radius 1 is 1.09 bits per heavy atom. The number of carbonyl (C=O) groups excluding carboxylic acids is 2. The number of aryl methyl sites for hydroxylation is 1. The molecule has 0 bridgehead atoms. The SMILES string of the molecule is COc1ccc(N(C=O)C2CC(=O)C(c3c(C(C)(C)O)n(C)c4ccc(OC)cc34)C2)cc1. The zero-order chi connectivity index (χ0) is 23.9. The number of aromatic nitrogens is 1. The number of carbonyl (C=O) groups is 2. The number of aliphatic hydroxyl groups is 1. The van der Waals surface area contributed by atoms with E-state index in [1.807, 2.05) is 41.9 Å². The molecule has 1 aliphatic rings. The fourth-order valence-electron chi connectivity index (χ4n) is 5.14. The van der Waals surface area contributed by atoms with Crippen LogP contribution in [0.25, 0.3) is 10.9 Å². The highest BCUT2D eigenvalue weighted by molar-refractivity contribution is 5.98. The molecule has 2 aromatic carbocycles. The van der Waals surface area contributed by atoms with Gasteiger partial charge in [0.2, 0.25) is 6.41 Å². The van der Waals surface area contributed by atoms with E-state index in [0.29, 0.717) is 29.3 Å². The molecule has 2 atom stereocenters. The molecule has 0 saturated heterocycles. The molecule has 0 spiro atoms. The van der Waals surface area contributed by atoms with Crippen molar-refractivity contribution in [1.29, 1.82) is 0 Å². The lowest BCUT2D eigenvalue weighted by atomic mass is 9.88. The van der Waals surface area contributed by atoms with E-state index in [9.17, 15) is 14.7 Å². The largest absolute Gasteiger partial charge is 0.497 e. The number of anilines is 1. The molecule has 0 aliphatic heterocycles. The summed E-state index contributed by atoms with van der Waals surface area (Å²) in [7, 11) is 5.10. The summed E-state index contributed by atoms with van der Waals surface area (Å²) < 4.78 is 12.6. The van der Waals surface area contributed by atoms with E-state index in [0.717, 1.165) is 22.9 Å². The summed E-state index contributed by atoms with van der Waals surface area (Å²) in [4.78, 5) is 27.0. The van der Waals surface area contributed by atoms with Crippen molar-refractivity contribution in [1.82, 2.24) is 4.57 Å². The van der Waals surface area contributed by atoms with Crippen LogP contribution in [0.3, 0.4) is 0 Å². The predicted octanol–water partition coefficient (Wildman–Crippen LogP) is 3.90. The lowest BCUT2D eigenvalue weighted by molar-refractivity contribution is -0.118. The molecular formula is C26H30N2O5. The van der Waals surface area contributed by atoms with E-state index in [2.05, 4.69) is 0 Å². The average molecular weight is 451 g/mol. The lowest BCUT2D eigenvalue weighted by Gasteiger charge is -2.26. The first kappa shape index (κ1) is 22.9. The molecule has 2 unspecified atom stereocenters. The molecule has 3 aromatic rings. The number of methoxy groups -OCH3 is 2. The number of benzene rings is 2. The van der Waals surface area contributed by atoms with Crippen LogP contribution in [0.5, 0.6) is 11.5 Å². The van der Waals surface area contributed by atoms with Crippen molar-refractivity contribution in [3.05, 3.63) is 53.7 Å². The van der Waals surface area contributed by atoms with Crippen molar-refractivity contribution >= 4 is 28.8 Å². The second kappa shape index (κ2) is 8.56. The summed E-state index contributed by atoms with van der Waals surface area (Å²) in [5.74, 6) is 1.00. The fourth-order valence-corrected chi connectivity index (χ4v) is 5.14. The molecule has 0 radical (unpaired) electrons. The van der Waals surface area contributed by atoms with Crippen molar-refractivity contribution in [2.24, 2.45) is 7.05 Å². The number of rotatable bonds is 7. The van der Waals surface area contributed by atoms with E-state index < -0.39 is 11.5 Å². The summed E-state index contributed by atoms with van der Waals surface area (Å²) >= 11 is 0. The summed E-state index contributed by atoms with van der Waals surface area (Å²) in [5, 5.41) is 11.9. The molecular weight excluding hydrogens is 420 g/mol. The van der Waals surface area contributed by atoms with Crippen LogP contribution in [0.15, 0.2) is 42.5 Å². The first-order valence-electron chi connectivity index (χ1n) is 11.0. The zero-order valence-electron chi connectivity index (χ0n) is 19.7. The number of ether oxygens (including phenoxy) is 2. The van der Waals surface area contributed by atoms with Gasteiger partial charge in [-0.1, -0.05) is 0 Å². The molecule has 33 heavy (non-hydrogen) atoms. The summed E-state index contributed by atoms with van der Waals surface area (Å²) in [6.07, 6.45) is 1.51. The normalized spacial score (nSPS) is 18.5. The Bertz CT molecular complexity index is 1190. The summed E-state index contributed by atoms with van der Waals surface area (Å²) in [6, 6.07) is 12.7. The van der Waals surface area contributed by atoms with Crippen LogP contribution in [0, 0.1) is 0 Å². The van der Waals surface area contributed by atoms with E-state index in [4.69, 9.17) is 9.47 Å². The van der Waals surface area contributed by atoms with Crippen LogP contribution >= 0.6 is 0 Å². The molecule has 1 N–H and O–H groups in total. The molecule has 1 fully saturated rings. The van der Waals surface area contributed by atoms with Gasteiger partial charge in [-0.05, 0) is 68.3 Å². The summed E-state index contributed by atoms with van der Waals surface area (Å²) in [6.45, 7) is 3.46. The summed E-state index contributed by atoms with van der Waals surface area (Å²) in [5.41, 5.74) is 1.99. The minimum absolute atomic E-state index is 0.0566. The highest BCUT2D eigenvalue weighted by Gasteiger charge is 2.41. The van der Waals surface area contributed by atoms with Gasteiger partial charge in [0.05, 0.1) is 25.5 Å². The minimum Gasteiger partial charge on any atom is -0.497 e. The Morgan fingerprint density at radius 2 is 1.73 bits per heavy atom. The monoisotopic (exact) mass is 450 g/mol. The van der Waals surface area contributed by atoms with Crippen molar-refractivity contribution in [3.8, 4) is 11.5 Å². The Hall–Kier alpha value is -3.32. The van der Waals surface area contributed by atoms with Gasteiger partial charge in [0, 0.05) is 42.0 Å². The van der Waals surface area contributed by atoms with Gasteiger partial charge in [-0.2, -0.15) is 0 Å². The highest BCUT2D eigenvalue weighted by atomic mass is 16.5. The van der Waals surface area contributed by atoms with Crippen LogP contribution in [0.1, 0.15) is 43.9 Å². The number of fused-ring (bicyclic) bond motifs is 1. The Kier molecular flexibility index (Phi) is 5.93. The molecule has 1 heterocycles. The van der Waals surface area contributed by atoms with Crippen molar-refractivity contribution < 1.29 is 24.2 Å². The predicted molar refractivity (Wildman–Crippen MR) is 127 cm³/mol. The average Bonchev–Trinajstić information content (AvgIpc) is 3.31. The Morgan fingerprint density at radius 3 is 2.30 bits per heavy atom. The van der Waals surface area contributed by atoms with Gasteiger partial charge in [-0.25, -0.2) is 0 Å². The van der Waals surface area contributed by atoms with Gasteiger partial charge in [-0.15, -0.1) is 0 Å². The van der Waals surface area contributed by atoms with E-state index in [1.165, 1.54) is 0 Å². The van der Waals surface area contributed by atoms with Crippen LogP contribution in [-0.4, -0.2) is 42.1 Å². The fraction of sp³-hybridized carbons (Fsp3) is 0.385. The number of hydrogen-bond donors (Lipinski definition) is 1. The van der Waals surface area contributed by atoms with E-state index in [-0.39, 0.29) is 18.2 Å². The first-order valence-corrected chi connectivity index (χ1v) is 11.0. The van der Waals surface area contributed by atoms with Crippen molar-refractivity contribution in [2.45, 2.75) is 44.2 Å². The van der Waals surface area contributed by atoms with Gasteiger partial charge >= 0.3 is 0 Å². The second-order valence-corrected chi connectivity index (χ2v) is 9.09. The van der Waals surface area contributed by atoms with Crippen LogP contribution < -0.4 is 14.4 Å². The maximum Gasteiger partial charge on any atom is 0.214 e. The van der Waals surface area contributed by atoms with Crippen LogP contribution in [0.2, 0.25) is 0 Å². The number of nitrogens with zero attached hydrogens (tertiary/aromatic N) is 2. The van der Waals surface area contributed by atoms with Crippen LogP contribution in [-0.2, 0) is 22.2 Å². The number of Topliss-reactive ketones (excluding diaryl/α,β-unsaturated/α-hetero) is 1. The van der Waals surface area contributed by atoms with Crippen LogP contribution in [0.4, 0.5) is 5.69 Å². The lowest BCUT2D eigenvalue weighted by Crippen LogP contribution is -2.32.